The lowest BCUT2D eigenvalue weighted by atomic mass is 10.0. The van der Waals surface area contributed by atoms with Gasteiger partial charge in [0.05, 0.1) is 6.73 Å². The highest BCUT2D eigenvalue weighted by molar-refractivity contribution is 5.77. The molecule has 0 aliphatic carbocycles. The average Bonchev–Trinajstić information content (AvgIpc) is 1.80. The zero-order chi connectivity index (χ0) is 10.1. The standard InChI is InChI=1S/C9H17NO3/c1-9(2,3)13-8(12)7-4-5-10(7)6-11/h7,11H,4-6H2,1-3H3. The van der Waals surface area contributed by atoms with Gasteiger partial charge in [0.2, 0.25) is 0 Å². The van der Waals surface area contributed by atoms with Crippen molar-refractivity contribution in [2.75, 3.05) is 13.3 Å². The molecule has 1 saturated heterocycles. The lowest BCUT2D eigenvalue weighted by Crippen LogP contribution is -2.54. The molecule has 0 saturated carbocycles. The molecule has 0 aromatic rings. The van der Waals surface area contributed by atoms with E-state index in [4.69, 9.17) is 9.84 Å². The summed E-state index contributed by atoms with van der Waals surface area (Å²) < 4.78 is 5.18. The fourth-order valence-corrected chi connectivity index (χ4v) is 1.25. The molecule has 1 aliphatic heterocycles. The van der Waals surface area contributed by atoms with Gasteiger partial charge in [0.25, 0.3) is 0 Å². The first-order valence-electron chi connectivity index (χ1n) is 4.52. The van der Waals surface area contributed by atoms with Crippen molar-refractivity contribution in [3.05, 3.63) is 0 Å². The second-order valence-electron chi connectivity index (χ2n) is 4.29. The third kappa shape index (κ3) is 2.67. The van der Waals surface area contributed by atoms with E-state index in [1.807, 2.05) is 20.8 Å². The van der Waals surface area contributed by atoms with Crippen molar-refractivity contribution in [2.45, 2.75) is 38.8 Å². The quantitative estimate of drug-likeness (QED) is 0.634. The normalized spacial score (nSPS) is 23.8. The number of esters is 1. The van der Waals surface area contributed by atoms with E-state index in [1.165, 1.54) is 0 Å². The fourth-order valence-electron chi connectivity index (χ4n) is 1.25. The number of nitrogens with zero attached hydrogens (tertiary/aromatic N) is 1. The maximum absolute atomic E-state index is 11.4. The van der Waals surface area contributed by atoms with Crippen molar-refractivity contribution < 1.29 is 14.6 Å². The second kappa shape index (κ2) is 3.64. The molecule has 0 aromatic heterocycles. The maximum Gasteiger partial charge on any atom is 0.323 e. The Bertz CT molecular complexity index is 196. The molecule has 1 heterocycles. The van der Waals surface area contributed by atoms with Crippen molar-refractivity contribution in [2.24, 2.45) is 0 Å². The van der Waals surface area contributed by atoms with Crippen LogP contribution in [0.3, 0.4) is 0 Å². The van der Waals surface area contributed by atoms with E-state index < -0.39 is 5.60 Å². The molecule has 1 aliphatic rings. The summed E-state index contributed by atoms with van der Waals surface area (Å²) in [5.74, 6) is -0.229. The molecule has 1 unspecified atom stereocenters. The van der Waals surface area contributed by atoms with Crippen LogP contribution in [0.5, 0.6) is 0 Å². The first-order valence-corrected chi connectivity index (χ1v) is 4.52. The van der Waals surface area contributed by atoms with Crippen molar-refractivity contribution in [3.63, 3.8) is 0 Å². The Hall–Kier alpha value is -0.610. The minimum Gasteiger partial charge on any atom is -0.459 e. The molecule has 0 aromatic carbocycles. The van der Waals surface area contributed by atoms with Crippen LogP contribution in [-0.4, -0.2) is 40.9 Å². The van der Waals surface area contributed by atoms with E-state index in [1.54, 1.807) is 4.90 Å². The summed E-state index contributed by atoms with van der Waals surface area (Å²) in [6.07, 6.45) is 0.787. The summed E-state index contributed by atoms with van der Waals surface area (Å²) in [6.45, 7) is 6.23. The van der Waals surface area contributed by atoms with Crippen LogP contribution in [0.25, 0.3) is 0 Å². The van der Waals surface area contributed by atoms with Crippen molar-refractivity contribution in [1.29, 1.82) is 0 Å². The zero-order valence-electron chi connectivity index (χ0n) is 8.41. The molecule has 1 atom stereocenters. The molecular weight excluding hydrogens is 170 g/mol. The van der Waals surface area contributed by atoms with Gasteiger partial charge in [-0.05, 0) is 27.2 Å². The second-order valence-corrected chi connectivity index (χ2v) is 4.29. The summed E-state index contributed by atoms with van der Waals surface area (Å²) >= 11 is 0. The monoisotopic (exact) mass is 187 g/mol. The summed E-state index contributed by atoms with van der Waals surface area (Å²) in [7, 11) is 0. The van der Waals surface area contributed by atoms with Gasteiger partial charge in [-0.2, -0.15) is 0 Å². The van der Waals surface area contributed by atoms with Crippen molar-refractivity contribution >= 4 is 5.97 Å². The van der Waals surface area contributed by atoms with Crippen LogP contribution in [0.4, 0.5) is 0 Å². The molecule has 0 amide bonds. The largest absolute Gasteiger partial charge is 0.459 e. The number of hydrogen-bond donors (Lipinski definition) is 1. The Kier molecular flexibility index (Phi) is 2.93. The Labute approximate surface area is 78.5 Å². The van der Waals surface area contributed by atoms with Gasteiger partial charge in [-0.1, -0.05) is 0 Å². The SMILES string of the molecule is CC(C)(C)OC(=O)C1CCN1CO. The number of ether oxygens (including phenoxy) is 1. The smallest absolute Gasteiger partial charge is 0.323 e. The number of rotatable bonds is 2. The van der Waals surface area contributed by atoms with Crippen LogP contribution in [0, 0.1) is 0 Å². The topological polar surface area (TPSA) is 49.8 Å². The number of hydrogen-bond acceptors (Lipinski definition) is 4. The fraction of sp³-hybridized carbons (Fsp3) is 0.889. The van der Waals surface area contributed by atoms with Gasteiger partial charge in [0, 0.05) is 6.54 Å². The van der Waals surface area contributed by atoms with Gasteiger partial charge < -0.3 is 9.84 Å². The number of aliphatic hydroxyl groups is 1. The van der Waals surface area contributed by atoms with Crippen LogP contribution in [0.2, 0.25) is 0 Å². The third-order valence-electron chi connectivity index (χ3n) is 1.99. The van der Waals surface area contributed by atoms with E-state index in [0.717, 1.165) is 13.0 Å². The average molecular weight is 187 g/mol. The van der Waals surface area contributed by atoms with E-state index >= 15 is 0 Å². The minimum atomic E-state index is -0.437. The minimum absolute atomic E-state index is 0.0656. The Morgan fingerprint density at radius 3 is 2.54 bits per heavy atom. The highest BCUT2D eigenvalue weighted by Gasteiger charge is 2.36. The molecule has 4 heteroatoms. The molecule has 1 fully saturated rings. The van der Waals surface area contributed by atoms with Gasteiger partial charge in [-0.25, -0.2) is 0 Å². The van der Waals surface area contributed by atoms with Gasteiger partial charge in [0.1, 0.15) is 11.6 Å². The lowest BCUT2D eigenvalue weighted by molar-refractivity contribution is -0.169. The first-order chi connectivity index (χ1) is 5.94. The predicted octanol–water partition coefficient (Wildman–Crippen LogP) is 0.352. The molecule has 0 radical (unpaired) electrons. The van der Waals surface area contributed by atoms with Crippen LogP contribution < -0.4 is 0 Å². The first kappa shape index (κ1) is 10.5. The molecule has 0 bridgehead atoms. The molecule has 13 heavy (non-hydrogen) atoms. The zero-order valence-corrected chi connectivity index (χ0v) is 8.41. The Morgan fingerprint density at radius 2 is 2.23 bits per heavy atom. The number of carbonyl (C=O) groups is 1. The number of aliphatic hydroxyl groups excluding tert-OH is 1. The number of carbonyl (C=O) groups excluding carboxylic acids is 1. The van der Waals surface area contributed by atoms with Crippen molar-refractivity contribution in [1.82, 2.24) is 4.90 Å². The highest BCUT2D eigenvalue weighted by Crippen LogP contribution is 2.20. The summed E-state index contributed by atoms with van der Waals surface area (Å²) in [4.78, 5) is 13.1. The van der Waals surface area contributed by atoms with Crippen LogP contribution >= 0.6 is 0 Å². The van der Waals surface area contributed by atoms with Gasteiger partial charge in [-0.15, -0.1) is 0 Å². The van der Waals surface area contributed by atoms with E-state index in [-0.39, 0.29) is 18.7 Å². The summed E-state index contributed by atoms with van der Waals surface area (Å²) in [5.41, 5.74) is -0.437. The molecule has 1 N–H and O–H groups in total. The van der Waals surface area contributed by atoms with E-state index in [2.05, 4.69) is 0 Å². The number of likely N-dealkylation sites (tertiary alicyclic amines) is 1. The van der Waals surface area contributed by atoms with Crippen LogP contribution in [0.15, 0.2) is 0 Å². The molecule has 4 nitrogen and oxygen atoms in total. The van der Waals surface area contributed by atoms with Crippen LogP contribution in [0.1, 0.15) is 27.2 Å². The maximum atomic E-state index is 11.4. The van der Waals surface area contributed by atoms with Gasteiger partial charge >= 0.3 is 5.97 Å². The van der Waals surface area contributed by atoms with Crippen LogP contribution in [-0.2, 0) is 9.53 Å². The highest BCUT2D eigenvalue weighted by atomic mass is 16.6. The van der Waals surface area contributed by atoms with Gasteiger partial charge in [-0.3, -0.25) is 9.69 Å². The van der Waals surface area contributed by atoms with Gasteiger partial charge in [0.15, 0.2) is 0 Å². The van der Waals surface area contributed by atoms with Crippen molar-refractivity contribution in [3.8, 4) is 0 Å². The molecule has 76 valence electrons. The summed E-state index contributed by atoms with van der Waals surface area (Å²) in [5, 5.41) is 8.82. The Morgan fingerprint density at radius 1 is 1.62 bits per heavy atom. The molecule has 1 rings (SSSR count). The van der Waals surface area contributed by atoms with E-state index in [9.17, 15) is 4.79 Å². The summed E-state index contributed by atoms with van der Waals surface area (Å²) in [6, 6.07) is -0.232. The third-order valence-corrected chi connectivity index (χ3v) is 1.99. The lowest BCUT2D eigenvalue weighted by Gasteiger charge is -2.38. The van der Waals surface area contributed by atoms with E-state index in [0.29, 0.717) is 0 Å². The molecular formula is C9H17NO3. The molecule has 0 spiro atoms. The Balaban J connectivity index is 2.40. The predicted molar refractivity (Wildman–Crippen MR) is 48.0 cm³/mol.